The van der Waals surface area contributed by atoms with Crippen molar-refractivity contribution < 1.29 is 17.4 Å². The molecule has 0 unspecified atom stereocenters. The summed E-state index contributed by atoms with van der Waals surface area (Å²) in [5.74, 6) is 0. The minimum Gasteiger partial charge on any atom is -0.671 e. The minimum atomic E-state index is -0.199. The van der Waals surface area contributed by atoms with Gasteiger partial charge in [-0.25, -0.2) is 0 Å². The Labute approximate surface area is 238 Å². The first kappa shape index (κ1) is 41.3. The Kier molecular flexibility index (Phi) is 37.9. The Morgan fingerprint density at radius 2 is 0.441 bits per heavy atom. The molecule has 1 radical (unpaired) electrons. The third-order valence-electron chi connectivity index (χ3n) is 3.77. The second kappa shape index (κ2) is 31.2. The largest absolute Gasteiger partial charge is 3.00 e. The summed E-state index contributed by atoms with van der Waals surface area (Å²) in [5, 5.41) is 0. The smallest absolute Gasteiger partial charge is 0.671 e. The van der Waals surface area contributed by atoms with Crippen molar-refractivity contribution in [3.63, 3.8) is 0 Å². The standard InChI is InChI=1S/3C8H18NSi2.Cr/c3*1-7(2)5-10-9-11-6-8(3)4;/h3*5-6H,10-11H2,1-4H3;/q3*-1;+3. The fourth-order valence-electron chi connectivity index (χ4n) is 1.71. The molecule has 0 aliphatic carbocycles. The molecule has 0 aromatic heterocycles. The summed E-state index contributed by atoms with van der Waals surface area (Å²) >= 11 is 0. The van der Waals surface area contributed by atoms with E-state index in [1.807, 2.05) is 0 Å². The van der Waals surface area contributed by atoms with Gasteiger partial charge >= 0.3 is 17.4 Å². The van der Waals surface area contributed by atoms with Crippen molar-refractivity contribution in [1.82, 2.24) is 0 Å². The average Bonchev–Trinajstić information content (AvgIpc) is 2.67. The fourth-order valence-corrected chi connectivity index (χ4v) is 8.78. The van der Waals surface area contributed by atoms with E-state index in [0.717, 1.165) is 0 Å². The molecular weight excluding hydrogens is 551 g/mol. The molecule has 0 amide bonds. The molecule has 10 heteroatoms. The van der Waals surface area contributed by atoms with Gasteiger partial charge in [0.1, 0.15) is 0 Å². The maximum absolute atomic E-state index is 4.58. The van der Waals surface area contributed by atoms with Crippen LogP contribution in [0.5, 0.6) is 0 Å². The van der Waals surface area contributed by atoms with Gasteiger partial charge in [0.2, 0.25) is 0 Å². The molecule has 0 heterocycles. The Hall–Kier alpha value is 0.154. The molecule has 0 rings (SSSR count). The third-order valence-corrected chi connectivity index (χ3v) is 16.0. The molecule has 0 spiro atoms. The van der Waals surface area contributed by atoms with Gasteiger partial charge in [0.15, 0.2) is 0 Å². The van der Waals surface area contributed by atoms with Crippen molar-refractivity contribution in [1.29, 1.82) is 0 Å². The molecule has 34 heavy (non-hydrogen) atoms. The van der Waals surface area contributed by atoms with Crippen molar-refractivity contribution in [3.8, 4) is 0 Å². The molecule has 195 valence electrons. The molecular formula is C24H54CrN3Si6. The van der Waals surface area contributed by atoms with Crippen LogP contribution in [-0.4, -0.2) is 58.1 Å². The molecule has 0 bridgehead atoms. The molecule has 0 saturated heterocycles. The van der Waals surface area contributed by atoms with Crippen LogP contribution in [0.3, 0.4) is 0 Å². The zero-order chi connectivity index (χ0) is 26.1. The topological polar surface area (TPSA) is 42.3 Å². The van der Waals surface area contributed by atoms with Gasteiger partial charge in [0, 0.05) is 0 Å². The zero-order valence-electron chi connectivity index (χ0n) is 24.5. The van der Waals surface area contributed by atoms with Crippen LogP contribution in [0.4, 0.5) is 0 Å². The van der Waals surface area contributed by atoms with Crippen LogP contribution in [0.2, 0.25) is 0 Å². The number of hydrogen-bond acceptors (Lipinski definition) is 0. The summed E-state index contributed by atoms with van der Waals surface area (Å²) in [5.41, 5.74) is 22.4. The molecule has 0 aromatic rings. The Morgan fingerprint density at radius 3 is 0.529 bits per heavy atom. The molecule has 3 nitrogen and oxygen atoms in total. The number of allylic oxidation sites excluding steroid dienone is 6. The monoisotopic (exact) mass is 604 g/mol. The first-order valence-electron chi connectivity index (χ1n) is 12.1. The van der Waals surface area contributed by atoms with Gasteiger partial charge in [0.25, 0.3) is 0 Å². The second-order valence-electron chi connectivity index (χ2n) is 9.46. The third kappa shape index (κ3) is 53.5. The summed E-state index contributed by atoms with van der Waals surface area (Å²) in [6, 6.07) is 0. The average molecular weight is 605 g/mol. The predicted octanol–water partition coefficient (Wildman–Crippen LogP) is 4.12. The van der Waals surface area contributed by atoms with E-state index < -0.39 is 0 Å². The maximum atomic E-state index is 4.58. The maximum Gasteiger partial charge on any atom is 3.00 e. The van der Waals surface area contributed by atoms with Gasteiger partial charge in [-0.15, -0.1) is 34.2 Å². The summed E-state index contributed by atoms with van der Waals surface area (Å²) in [7, 11) is -1.19. The van der Waals surface area contributed by atoms with Crippen molar-refractivity contribution in [3.05, 3.63) is 81.6 Å². The van der Waals surface area contributed by atoms with Gasteiger partial charge in [-0.1, -0.05) is 91.5 Å². The summed E-state index contributed by atoms with van der Waals surface area (Å²) in [6.45, 7) is 25.7. The SMILES string of the molecule is CC(C)=C[SiH2][N-][SiH2]C=C(C)C.CC(C)=C[SiH2][N-][SiH2]C=C(C)C.CC(C)=C[SiH2][N-][SiH2]C=C(C)C.[Cr+3]. The predicted molar refractivity (Wildman–Crippen MR) is 178 cm³/mol. The van der Waals surface area contributed by atoms with Gasteiger partial charge in [-0.2, -0.15) is 0 Å². The van der Waals surface area contributed by atoms with Crippen molar-refractivity contribution in [2.24, 2.45) is 0 Å². The van der Waals surface area contributed by atoms with Crippen LogP contribution < -0.4 is 0 Å². The van der Waals surface area contributed by atoms with E-state index in [2.05, 4.69) is 131 Å². The van der Waals surface area contributed by atoms with Crippen LogP contribution in [0.25, 0.3) is 13.9 Å². The van der Waals surface area contributed by atoms with Gasteiger partial charge in [-0.05, 0) is 83.1 Å². The summed E-state index contributed by atoms with van der Waals surface area (Å²) in [6.07, 6.45) is 0. The molecule has 0 atom stereocenters. The molecule has 0 fully saturated rings. The Balaban J connectivity index is -0.000000196. The number of nitrogens with zero attached hydrogens (tertiary/aromatic N) is 3. The summed E-state index contributed by atoms with van der Waals surface area (Å²) < 4.78 is 13.7. The van der Waals surface area contributed by atoms with Crippen LogP contribution >= 0.6 is 0 Å². The van der Waals surface area contributed by atoms with Gasteiger partial charge in [0.05, 0.1) is 0 Å². The molecule has 0 N–H and O–H groups in total. The quantitative estimate of drug-likeness (QED) is 0.238. The first-order valence-corrected chi connectivity index (χ1v) is 20.8. The van der Waals surface area contributed by atoms with E-state index in [1.54, 1.807) is 0 Å². The Bertz CT molecular complexity index is 503. The van der Waals surface area contributed by atoms with Gasteiger partial charge in [-0.3, -0.25) is 0 Å². The van der Waals surface area contributed by atoms with E-state index in [1.165, 1.54) is 33.4 Å². The van der Waals surface area contributed by atoms with Crippen molar-refractivity contribution in [2.75, 3.05) is 0 Å². The summed E-state index contributed by atoms with van der Waals surface area (Å²) in [4.78, 5) is 0. The van der Waals surface area contributed by atoms with Crippen LogP contribution in [0.15, 0.2) is 67.6 Å². The Morgan fingerprint density at radius 1 is 0.324 bits per heavy atom. The number of rotatable bonds is 12. The molecule has 0 saturated carbocycles. The van der Waals surface area contributed by atoms with E-state index in [4.69, 9.17) is 0 Å². The second-order valence-corrected chi connectivity index (χ2v) is 19.5. The van der Waals surface area contributed by atoms with Crippen LogP contribution in [-0.2, 0) is 17.4 Å². The van der Waals surface area contributed by atoms with Crippen molar-refractivity contribution >= 4 is 58.1 Å². The van der Waals surface area contributed by atoms with E-state index >= 15 is 0 Å². The minimum absolute atomic E-state index is 0. The van der Waals surface area contributed by atoms with Crippen LogP contribution in [0, 0.1) is 0 Å². The fraction of sp³-hybridized carbons (Fsp3) is 0.500. The van der Waals surface area contributed by atoms with Gasteiger partial charge < -0.3 is 13.9 Å². The van der Waals surface area contributed by atoms with E-state index in [9.17, 15) is 0 Å². The molecule has 0 aromatic carbocycles. The molecule has 0 aliphatic rings. The van der Waals surface area contributed by atoms with E-state index in [-0.39, 0.29) is 75.4 Å². The van der Waals surface area contributed by atoms with E-state index in [0.29, 0.717) is 0 Å². The van der Waals surface area contributed by atoms with Crippen LogP contribution in [0.1, 0.15) is 83.1 Å². The van der Waals surface area contributed by atoms with Crippen molar-refractivity contribution in [2.45, 2.75) is 83.1 Å². The normalized spacial score (nSPS) is 10.9. The first-order chi connectivity index (χ1) is 15.4. The molecule has 0 aliphatic heterocycles. The zero-order valence-corrected chi connectivity index (χ0v) is 34.2. The number of hydrogen-bond donors (Lipinski definition) is 0.